The van der Waals surface area contributed by atoms with Gasteiger partial charge in [0.25, 0.3) is 0 Å². The predicted molar refractivity (Wildman–Crippen MR) is 67.7 cm³/mol. The van der Waals surface area contributed by atoms with Crippen molar-refractivity contribution in [2.24, 2.45) is 0 Å². The summed E-state index contributed by atoms with van der Waals surface area (Å²) in [4.78, 5) is 20.9. The summed E-state index contributed by atoms with van der Waals surface area (Å²) in [5.41, 5.74) is 0. The van der Waals surface area contributed by atoms with E-state index in [9.17, 15) is 9.59 Å². The van der Waals surface area contributed by atoms with E-state index in [0.717, 1.165) is 19.3 Å². The minimum Gasteiger partial charge on any atom is -0.466 e. The second kappa shape index (κ2) is 14.9. The molecular weight excluding hydrogens is 220 g/mol. The molecule has 4 heteroatoms. The zero-order valence-corrected chi connectivity index (χ0v) is 11.6. The molecule has 102 valence electrons. The minimum atomic E-state index is -0.105. The number of rotatable bonds is 7. The van der Waals surface area contributed by atoms with Crippen molar-refractivity contribution in [3.05, 3.63) is 0 Å². The van der Waals surface area contributed by atoms with Gasteiger partial charge < -0.3 is 9.47 Å². The van der Waals surface area contributed by atoms with Gasteiger partial charge in [0.15, 0.2) is 0 Å². The van der Waals surface area contributed by atoms with Crippen molar-refractivity contribution in [3.8, 4) is 0 Å². The van der Waals surface area contributed by atoms with E-state index in [1.165, 1.54) is 0 Å². The summed E-state index contributed by atoms with van der Waals surface area (Å²) in [5.74, 6) is -0.175. The Kier molecular flexibility index (Phi) is 16.1. The predicted octanol–water partition coefficient (Wildman–Crippen LogP) is 3.09. The van der Waals surface area contributed by atoms with Crippen LogP contribution >= 0.6 is 0 Å². The second-order valence-electron chi connectivity index (χ2n) is 3.54. The molecule has 0 aromatic heterocycles. The number of carbonyl (C=O) groups is 2. The van der Waals surface area contributed by atoms with Crippen molar-refractivity contribution in [3.63, 3.8) is 0 Å². The van der Waals surface area contributed by atoms with Crippen LogP contribution < -0.4 is 0 Å². The van der Waals surface area contributed by atoms with Crippen LogP contribution in [0.5, 0.6) is 0 Å². The average Bonchev–Trinajstić information content (AvgIpc) is 2.34. The van der Waals surface area contributed by atoms with Gasteiger partial charge in [0.1, 0.15) is 0 Å². The largest absolute Gasteiger partial charge is 0.466 e. The molecule has 0 N–H and O–H groups in total. The molecule has 0 heterocycles. The van der Waals surface area contributed by atoms with E-state index in [4.69, 9.17) is 9.47 Å². The van der Waals surface area contributed by atoms with Crippen molar-refractivity contribution < 1.29 is 19.1 Å². The van der Waals surface area contributed by atoms with Gasteiger partial charge >= 0.3 is 11.9 Å². The molecule has 0 rings (SSSR count). The Morgan fingerprint density at radius 1 is 0.765 bits per heavy atom. The molecule has 0 aliphatic rings. The maximum absolute atomic E-state index is 10.6. The SMILES string of the molecule is CCCOC(=O)CC.CCCOC(=O)CCC. The molecule has 0 aliphatic heterocycles. The van der Waals surface area contributed by atoms with Crippen molar-refractivity contribution in [1.29, 1.82) is 0 Å². The maximum Gasteiger partial charge on any atom is 0.305 e. The highest BCUT2D eigenvalue weighted by atomic mass is 16.5. The molecule has 0 radical (unpaired) electrons. The molecule has 4 nitrogen and oxygen atoms in total. The molecule has 0 saturated heterocycles. The highest BCUT2D eigenvalue weighted by Gasteiger charge is 1.96. The summed E-state index contributed by atoms with van der Waals surface area (Å²) >= 11 is 0. The Labute approximate surface area is 105 Å². The zero-order chi connectivity index (χ0) is 13.5. The normalized spacial score (nSPS) is 8.94. The van der Waals surface area contributed by atoms with Crippen LogP contribution in [-0.4, -0.2) is 25.2 Å². The fourth-order valence-electron chi connectivity index (χ4n) is 0.810. The zero-order valence-electron chi connectivity index (χ0n) is 11.6. The smallest absolute Gasteiger partial charge is 0.305 e. The summed E-state index contributed by atoms with van der Waals surface area (Å²) < 4.78 is 9.49. The first kappa shape index (κ1) is 18.3. The molecule has 0 aromatic carbocycles. The third-order valence-corrected chi connectivity index (χ3v) is 1.68. The maximum atomic E-state index is 10.6. The first-order valence-electron chi connectivity index (χ1n) is 6.43. The van der Waals surface area contributed by atoms with E-state index < -0.39 is 0 Å². The van der Waals surface area contributed by atoms with Gasteiger partial charge in [0.2, 0.25) is 0 Å². The number of hydrogen-bond donors (Lipinski definition) is 0. The third-order valence-electron chi connectivity index (χ3n) is 1.68. The molecule has 0 aliphatic carbocycles. The standard InChI is InChI=1S/C7H14O2.C6H12O2/c1-3-5-7(8)9-6-4-2;1-3-5-8-6(7)4-2/h3-6H2,1-2H3;3-5H2,1-2H3. The van der Waals surface area contributed by atoms with Crippen LogP contribution in [0.25, 0.3) is 0 Å². The molecule has 0 bridgehead atoms. The molecule has 0 fully saturated rings. The Bertz CT molecular complexity index is 190. The highest BCUT2D eigenvalue weighted by molar-refractivity contribution is 5.69. The van der Waals surface area contributed by atoms with Gasteiger partial charge in [-0.2, -0.15) is 0 Å². The van der Waals surface area contributed by atoms with Gasteiger partial charge in [0, 0.05) is 12.8 Å². The van der Waals surface area contributed by atoms with Gasteiger partial charge in [-0.25, -0.2) is 0 Å². The minimum absolute atomic E-state index is 0.0700. The Morgan fingerprint density at radius 2 is 1.24 bits per heavy atom. The molecule has 17 heavy (non-hydrogen) atoms. The lowest BCUT2D eigenvalue weighted by Crippen LogP contribution is -2.03. The van der Waals surface area contributed by atoms with E-state index in [2.05, 4.69) is 0 Å². The monoisotopic (exact) mass is 246 g/mol. The lowest BCUT2D eigenvalue weighted by Gasteiger charge is -1.99. The summed E-state index contributed by atoms with van der Waals surface area (Å²) in [6.45, 7) is 8.85. The Morgan fingerprint density at radius 3 is 1.59 bits per heavy atom. The molecule has 0 aromatic rings. The molecule has 0 amide bonds. The van der Waals surface area contributed by atoms with Gasteiger partial charge in [-0.05, 0) is 19.3 Å². The molecule has 0 spiro atoms. The molecular formula is C13H26O4. The quantitative estimate of drug-likeness (QED) is 0.648. The van der Waals surface area contributed by atoms with Gasteiger partial charge in [-0.3, -0.25) is 9.59 Å². The number of ether oxygens (including phenoxy) is 2. The van der Waals surface area contributed by atoms with E-state index >= 15 is 0 Å². The van der Waals surface area contributed by atoms with Crippen molar-refractivity contribution in [1.82, 2.24) is 0 Å². The van der Waals surface area contributed by atoms with E-state index in [1.54, 1.807) is 6.92 Å². The second-order valence-corrected chi connectivity index (χ2v) is 3.54. The third kappa shape index (κ3) is 17.5. The lowest BCUT2D eigenvalue weighted by molar-refractivity contribution is -0.144. The highest BCUT2D eigenvalue weighted by Crippen LogP contribution is 1.91. The van der Waals surface area contributed by atoms with E-state index in [0.29, 0.717) is 26.1 Å². The number of esters is 2. The van der Waals surface area contributed by atoms with Crippen molar-refractivity contribution in [2.75, 3.05) is 13.2 Å². The van der Waals surface area contributed by atoms with Crippen LogP contribution in [0.15, 0.2) is 0 Å². The van der Waals surface area contributed by atoms with Crippen LogP contribution in [-0.2, 0) is 19.1 Å². The first-order chi connectivity index (χ1) is 8.12. The van der Waals surface area contributed by atoms with Gasteiger partial charge in [-0.15, -0.1) is 0 Å². The molecule has 0 atom stereocenters. The topological polar surface area (TPSA) is 52.6 Å². The lowest BCUT2D eigenvalue weighted by atomic mass is 10.3. The number of carbonyl (C=O) groups excluding carboxylic acids is 2. The van der Waals surface area contributed by atoms with Crippen LogP contribution in [0.2, 0.25) is 0 Å². The van der Waals surface area contributed by atoms with Crippen molar-refractivity contribution >= 4 is 11.9 Å². The van der Waals surface area contributed by atoms with Crippen LogP contribution in [0.4, 0.5) is 0 Å². The summed E-state index contributed by atoms with van der Waals surface area (Å²) in [6, 6.07) is 0. The fourth-order valence-corrected chi connectivity index (χ4v) is 0.810. The van der Waals surface area contributed by atoms with Crippen LogP contribution in [0, 0.1) is 0 Å². The van der Waals surface area contributed by atoms with Gasteiger partial charge in [-0.1, -0.05) is 27.7 Å². The fraction of sp³-hybridized carbons (Fsp3) is 0.846. The van der Waals surface area contributed by atoms with E-state index in [1.807, 2.05) is 20.8 Å². The van der Waals surface area contributed by atoms with E-state index in [-0.39, 0.29) is 11.9 Å². The van der Waals surface area contributed by atoms with Crippen LogP contribution in [0.1, 0.15) is 59.8 Å². The average molecular weight is 246 g/mol. The molecule has 0 saturated carbocycles. The summed E-state index contributed by atoms with van der Waals surface area (Å²) in [6.07, 6.45) is 3.74. The van der Waals surface area contributed by atoms with Crippen LogP contribution in [0.3, 0.4) is 0 Å². The van der Waals surface area contributed by atoms with Crippen molar-refractivity contribution in [2.45, 2.75) is 59.8 Å². The first-order valence-corrected chi connectivity index (χ1v) is 6.43. The Balaban J connectivity index is 0. The Hall–Kier alpha value is -1.06. The summed E-state index contributed by atoms with van der Waals surface area (Å²) in [5, 5.41) is 0. The number of hydrogen-bond acceptors (Lipinski definition) is 4. The summed E-state index contributed by atoms with van der Waals surface area (Å²) in [7, 11) is 0. The van der Waals surface area contributed by atoms with Gasteiger partial charge in [0.05, 0.1) is 13.2 Å². The molecule has 0 unspecified atom stereocenters.